The molecular formula is C22H19NO3. The maximum absolute atomic E-state index is 12.1. The molecule has 0 spiro atoms. The van der Waals surface area contributed by atoms with Crippen molar-refractivity contribution in [2.75, 3.05) is 7.11 Å². The number of benzene rings is 3. The van der Waals surface area contributed by atoms with Crippen LogP contribution >= 0.6 is 0 Å². The summed E-state index contributed by atoms with van der Waals surface area (Å²) in [6.45, 7) is 1.47. The lowest BCUT2D eigenvalue weighted by atomic mass is 9.69. The number of nitriles is 1. The summed E-state index contributed by atoms with van der Waals surface area (Å²) in [5.41, 5.74) is -0.185. The lowest BCUT2D eigenvalue weighted by Gasteiger charge is -2.30. The molecular weight excluding hydrogens is 326 g/mol. The predicted molar refractivity (Wildman–Crippen MR) is 100 cm³/mol. The van der Waals surface area contributed by atoms with Gasteiger partial charge in [-0.2, -0.15) is 5.26 Å². The van der Waals surface area contributed by atoms with Gasteiger partial charge in [0.25, 0.3) is 0 Å². The van der Waals surface area contributed by atoms with Crippen molar-refractivity contribution in [3.05, 3.63) is 77.9 Å². The number of para-hydroxylation sites is 1. The molecule has 0 amide bonds. The van der Waals surface area contributed by atoms with E-state index in [1.54, 1.807) is 13.2 Å². The number of hydrogen-bond acceptors (Lipinski definition) is 3. The lowest BCUT2D eigenvalue weighted by molar-refractivity contribution is -0.145. The van der Waals surface area contributed by atoms with Crippen LogP contribution in [0.4, 0.5) is 0 Å². The number of ether oxygens (including phenoxy) is 1. The number of carbonyl (C=O) groups is 1. The fourth-order valence-corrected chi connectivity index (χ4v) is 3.43. The van der Waals surface area contributed by atoms with Gasteiger partial charge in [0.05, 0.1) is 13.2 Å². The van der Waals surface area contributed by atoms with Gasteiger partial charge in [0, 0.05) is 11.5 Å². The molecule has 0 saturated carbocycles. The molecule has 3 aromatic rings. The van der Waals surface area contributed by atoms with Gasteiger partial charge in [0.2, 0.25) is 0 Å². The number of carboxylic acid groups (broad SMARTS) is 1. The van der Waals surface area contributed by atoms with Gasteiger partial charge in [-0.15, -0.1) is 0 Å². The number of carboxylic acids is 1. The van der Waals surface area contributed by atoms with Gasteiger partial charge in [0.1, 0.15) is 5.75 Å². The first-order chi connectivity index (χ1) is 12.5. The first kappa shape index (κ1) is 17.5. The molecule has 130 valence electrons. The molecule has 0 aromatic heterocycles. The van der Waals surface area contributed by atoms with Crippen molar-refractivity contribution in [1.82, 2.24) is 0 Å². The number of nitrogens with zero attached hydrogens (tertiary/aromatic N) is 1. The van der Waals surface area contributed by atoms with Crippen molar-refractivity contribution in [2.45, 2.75) is 12.8 Å². The van der Waals surface area contributed by atoms with Crippen molar-refractivity contribution in [2.24, 2.45) is 5.41 Å². The Morgan fingerprint density at radius 3 is 2.35 bits per heavy atom. The normalized spacial score (nSPS) is 14.2. The number of methoxy groups -OCH3 is 1. The Morgan fingerprint density at radius 1 is 1.04 bits per heavy atom. The minimum absolute atomic E-state index is 0.563. The zero-order chi connectivity index (χ0) is 18.7. The fraction of sp³-hybridized carbons (Fsp3) is 0.182. The summed E-state index contributed by atoms with van der Waals surface area (Å²) >= 11 is 0. The summed E-state index contributed by atoms with van der Waals surface area (Å²) in [7, 11) is 1.55. The molecule has 0 unspecified atom stereocenters. The third-order valence-corrected chi connectivity index (χ3v) is 4.84. The highest BCUT2D eigenvalue weighted by Gasteiger charge is 2.45. The standard InChI is InChI=1S/C22H19NO3/c1-22(14-23,21(24)25)20(18-11-5-6-13-19(18)26-2)17-12-7-9-15-8-3-4-10-16(15)17/h3-13,20H,1-2H3,(H,24,25)/t20-,22+/m1/s1. The Bertz CT molecular complexity index is 1000. The highest BCUT2D eigenvalue weighted by Crippen LogP contribution is 2.46. The molecule has 0 radical (unpaired) electrons. The molecule has 4 heteroatoms. The SMILES string of the molecule is COc1ccccc1[C@@H](c1cccc2ccccc12)[C@](C)(C#N)C(=O)O. The van der Waals surface area contributed by atoms with E-state index < -0.39 is 17.3 Å². The van der Waals surface area contributed by atoms with E-state index in [-0.39, 0.29) is 0 Å². The van der Waals surface area contributed by atoms with Gasteiger partial charge >= 0.3 is 5.97 Å². The van der Waals surface area contributed by atoms with E-state index in [1.165, 1.54) is 6.92 Å². The van der Waals surface area contributed by atoms with Crippen LogP contribution in [0.5, 0.6) is 5.75 Å². The third-order valence-electron chi connectivity index (χ3n) is 4.84. The molecule has 0 aliphatic carbocycles. The van der Waals surface area contributed by atoms with E-state index >= 15 is 0 Å². The highest BCUT2D eigenvalue weighted by molar-refractivity contribution is 5.89. The number of aliphatic carboxylic acids is 1. The van der Waals surface area contributed by atoms with Crippen LogP contribution in [0.1, 0.15) is 24.0 Å². The monoisotopic (exact) mass is 345 g/mol. The number of rotatable bonds is 5. The summed E-state index contributed by atoms with van der Waals surface area (Å²) in [6, 6.07) is 22.8. The molecule has 0 heterocycles. The maximum Gasteiger partial charge on any atom is 0.324 e. The van der Waals surface area contributed by atoms with Gasteiger partial charge in [-0.25, -0.2) is 0 Å². The molecule has 26 heavy (non-hydrogen) atoms. The van der Waals surface area contributed by atoms with Crippen LogP contribution < -0.4 is 4.74 Å². The highest BCUT2D eigenvalue weighted by atomic mass is 16.5. The van der Waals surface area contributed by atoms with E-state index in [0.717, 1.165) is 16.3 Å². The fourth-order valence-electron chi connectivity index (χ4n) is 3.43. The Morgan fingerprint density at radius 2 is 1.65 bits per heavy atom. The average molecular weight is 345 g/mol. The Balaban J connectivity index is 2.38. The van der Waals surface area contributed by atoms with Gasteiger partial charge in [-0.1, -0.05) is 60.7 Å². The molecule has 3 rings (SSSR count). The molecule has 3 aromatic carbocycles. The van der Waals surface area contributed by atoms with Gasteiger partial charge in [-0.3, -0.25) is 4.79 Å². The van der Waals surface area contributed by atoms with Gasteiger partial charge in [-0.05, 0) is 29.3 Å². The minimum Gasteiger partial charge on any atom is -0.496 e. The number of hydrogen-bond donors (Lipinski definition) is 1. The van der Waals surface area contributed by atoms with Gasteiger partial charge < -0.3 is 9.84 Å². The Hall–Kier alpha value is -3.32. The molecule has 0 saturated heterocycles. The lowest BCUT2D eigenvalue weighted by Crippen LogP contribution is -2.34. The van der Waals surface area contributed by atoms with E-state index in [0.29, 0.717) is 11.3 Å². The number of fused-ring (bicyclic) bond motifs is 1. The van der Waals surface area contributed by atoms with Crippen molar-refractivity contribution in [1.29, 1.82) is 5.26 Å². The molecule has 1 N–H and O–H groups in total. The van der Waals surface area contributed by atoms with Crippen LogP contribution in [0.2, 0.25) is 0 Å². The van der Waals surface area contributed by atoms with Crippen LogP contribution in [0.3, 0.4) is 0 Å². The first-order valence-corrected chi connectivity index (χ1v) is 8.28. The maximum atomic E-state index is 12.1. The van der Waals surface area contributed by atoms with E-state index in [4.69, 9.17) is 4.74 Å². The summed E-state index contributed by atoms with van der Waals surface area (Å²) in [4.78, 5) is 12.1. The van der Waals surface area contributed by atoms with Crippen molar-refractivity contribution >= 4 is 16.7 Å². The minimum atomic E-state index is -1.65. The van der Waals surface area contributed by atoms with E-state index in [2.05, 4.69) is 0 Å². The van der Waals surface area contributed by atoms with E-state index in [1.807, 2.05) is 66.7 Å². The van der Waals surface area contributed by atoms with Crippen molar-refractivity contribution < 1.29 is 14.6 Å². The molecule has 4 nitrogen and oxygen atoms in total. The Labute approximate surface area is 152 Å². The largest absolute Gasteiger partial charge is 0.496 e. The molecule has 0 bridgehead atoms. The second kappa shape index (κ2) is 6.89. The van der Waals surface area contributed by atoms with Crippen molar-refractivity contribution in [3.8, 4) is 11.8 Å². The molecule has 0 aliphatic heterocycles. The second-order valence-electron chi connectivity index (χ2n) is 6.36. The first-order valence-electron chi connectivity index (χ1n) is 8.28. The zero-order valence-corrected chi connectivity index (χ0v) is 14.6. The topological polar surface area (TPSA) is 70.3 Å². The zero-order valence-electron chi connectivity index (χ0n) is 14.6. The molecule has 0 aliphatic rings. The van der Waals surface area contributed by atoms with Crippen molar-refractivity contribution in [3.63, 3.8) is 0 Å². The molecule has 0 fully saturated rings. The average Bonchev–Trinajstić information content (AvgIpc) is 2.68. The third kappa shape index (κ3) is 2.78. The quantitative estimate of drug-likeness (QED) is 0.734. The van der Waals surface area contributed by atoms with Crippen LogP contribution in [-0.4, -0.2) is 18.2 Å². The van der Waals surface area contributed by atoms with Gasteiger partial charge in [0.15, 0.2) is 5.41 Å². The molecule has 2 atom stereocenters. The summed E-state index contributed by atoms with van der Waals surface area (Å²) < 4.78 is 5.48. The Kier molecular flexibility index (Phi) is 4.64. The summed E-state index contributed by atoms with van der Waals surface area (Å²) in [5, 5.41) is 21.6. The summed E-state index contributed by atoms with van der Waals surface area (Å²) in [6.07, 6.45) is 0. The summed E-state index contributed by atoms with van der Waals surface area (Å²) in [5.74, 6) is -1.29. The van der Waals surface area contributed by atoms with Crippen LogP contribution in [0, 0.1) is 16.7 Å². The van der Waals surface area contributed by atoms with E-state index in [9.17, 15) is 15.2 Å². The second-order valence-corrected chi connectivity index (χ2v) is 6.36. The smallest absolute Gasteiger partial charge is 0.324 e. The van der Waals surface area contributed by atoms with Crippen LogP contribution in [-0.2, 0) is 4.79 Å². The van der Waals surface area contributed by atoms with Crippen LogP contribution in [0.25, 0.3) is 10.8 Å². The predicted octanol–water partition coefficient (Wildman–Crippen LogP) is 4.59. The van der Waals surface area contributed by atoms with Crippen LogP contribution in [0.15, 0.2) is 66.7 Å².